The number of nitrogens with one attached hydrogen (secondary N) is 1. The van der Waals surface area contributed by atoms with Crippen molar-refractivity contribution in [3.05, 3.63) is 58.7 Å². The summed E-state index contributed by atoms with van der Waals surface area (Å²) in [7, 11) is 0. The maximum absolute atomic E-state index is 3.69. The molecule has 0 saturated carbocycles. The SMILES string of the molecule is CC(C)c1ccc([N+]2(c3ccc(C(C)C)cc3C(C)C)CCNC2)c(C(C)C)c1. The van der Waals surface area contributed by atoms with E-state index >= 15 is 0 Å². The fourth-order valence-corrected chi connectivity index (χ4v) is 4.73. The molecule has 0 unspecified atom stereocenters. The molecule has 2 nitrogen and oxygen atoms in total. The minimum atomic E-state index is 0.511. The lowest BCUT2D eigenvalue weighted by atomic mass is 9.90. The third kappa shape index (κ3) is 4.15. The Morgan fingerprint density at radius 1 is 0.655 bits per heavy atom. The van der Waals surface area contributed by atoms with Crippen LogP contribution in [0.4, 0.5) is 11.4 Å². The molecule has 0 radical (unpaired) electrons. The van der Waals surface area contributed by atoms with E-state index in [4.69, 9.17) is 0 Å². The molecule has 29 heavy (non-hydrogen) atoms. The first-order valence-electron chi connectivity index (χ1n) is 11.5. The summed E-state index contributed by atoms with van der Waals surface area (Å²) in [5, 5.41) is 3.69. The van der Waals surface area contributed by atoms with Crippen LogP contribution in [0.3, 0.4) is 0 Å². The maximum atomic E-state index is 3.69. The van der Waals surface area contributed by atoms with Gasteiger partial charge in [-0.2, -0.15) is 0 Å². The first kappa shape index (κ1) is 22.1. The molecule has 0 bridgehead atoms. The van der Waals surface area contributed by atoms with Crippen LogP contribution >= 0.6 is 0 Å². The lowest BCUT2D eigenvalue weighted by molar-refractivity contribution is 0.449. The normalized spacial score (nSPS) is 16.6. The zero-order valence-electron chi connectivity index (χ0n) is 19.8. The standard InChI is InChI=1S/C27H41N2/c1-18(2)22-9-11-26(24(15-22)20(5)6)29(14-13-28-17-29)27-12-10-23(19(3)4)16-25(27)21(7)8/h9-12,15-16,18-21,28H,13-14,17H2,1-8H3/q+1. The maximum Gasteiger partial charge on any atom is 0.142 e. The van der Waals surface area contributed by atoms with Crippen molar-refractivity contribution in [2.45, 2.75) is 79.1 Å². The van der Waals surface area contributed by atoms with Gasteiger partial charge in [0.2, 0.25) is 0 Å². The second-order valence-corrected chi connectivity index (χ2v) is 10.1. The van der Waals surface area contributed by atoms with Gasteiger partial charge in [-0.15, -0.1) is 0 Å². The largest absolute Gasteiger partial charge is 0.264 e. The smallest absolute Gasteiger partial charge is 0.142 e. The molecule has 1 N–H and O–H groups in total. The summed E-state index contributed by atoms with van der Waals surface area (Å²) in [6, 6.07) is 14.5. The van der Waals surface area contributed by atoms with Crippen LogP contribution in [0.1, 0.15) is 101 Å². The number of benzene rings is 2. The average molecular weight is 394 g/mol. The summed E-state index contributed by atoms with van der Waals surface area (Å²) in [5.74, 6) is 2.14. The quantitative estimate of drug-likeness (QED) is 0.505. The molecule has 0 aliphatic carbocycles. The Labute approximate surface area is 178 Å². The van der Waals surface area contributed by atoms with Gasteiger partial charge in [-0.05, 0) is 46.9 Å². The van der Waals surface area contributed by atoms with E-state index in [0.29, 0.717) is 23.7 Å². The van der Waals surface area contributed by atoms with Crippen LogP contribution in [0, 0.1) is 0 Å². The number of rotatable bonds is 6. The van der Waals surface area contributed by atoms with Crippen LogP contribution in [0.5, 0.6) is 0 Å². The molecule has 2 aromatic rings. The van der Waals surface area contributed by atoms with Crippen molar-refractivity contribution < 1.29 is 0 Å². The second kappa shape index (κ2) is 8.62. The molecule has 1 fully saturated rings. The molecule has 0 atom stereocenters. The van der Waals surface area contributed by atoms with Crippen LogP contribution in [0.25, 0.3) is 0 Å². The van der Waals surface area contributed by atoms with Gasteiger partial charge < -0.3 is 0 Å². The van der Waals surface area contributed by atoms with Gasteiger partial charge in [0.15, 0.2) is 0 Å². The first-order chi connectivity index (χ1) is 13.7. The Bertz CT molecular complexity index is 774. The molecular weight excluding hydrogens is 352 g/mol. The highest BCUT2D eigenvalue weighted by molar-refractivity contribution is 5.68. The van der Waals surface area contributed by atoms with Crippen molar-refractivity contribution >= 4 is 11.4 Å². The zero-order valence-corrected chi connectivity index (χ0v) is 19.8. The number of hydrogen-bond donors (Lipinski definition) is 1. The van der Waals surface area contributed by atoms with Crippen molar-refractivity contribution in [3.63, 3.8) is 0 Å². The molecular formula is C27H41N2+. The van der Waals surface area contributed by atoms with E-state index in [2.05, 4.69) is 97.1 Å². The minimum absolute atomic E-state index is 0.511. The third-order valence-electron chi connectivity index (χ3n) is 6.65. The van der Waals surface area contributed by atoms with E-state index in [9.17, 15) is 0 Å². The number of nitrogens with zero attached hydrogens (tertiary/aromatic N) is 1. The predicted molar refractivity (Wildman–Crippen MR) is 128 cm³/mol. The van der Waals surface area contributed by atoms with Crippen LogP contribution in [0.15, 0.2) is 36.4 Å². The first-order valence-corrected chi connectivity index (χ1v) is 11.5. The molecule has 158 valence electrons. The summed E-state index contributed by atoms with van der Waals surface area (Å²) in [4.78, 5) is 0. The van der Waals surface area contributed by atoms with Crippen molar-refractivity contribution in [2.75, 3.05) is 19.8 Å². The number of quaternary nitrogens is 1. The summed E-state index contributed by atoms with van der Waals surface area (Å²) >= 11 is 0. The van der Waals surface area contributed by atoms with E-state index in [1.165, 1.54) is 33.6 Å². The van der Waals surface area contributed by atoms with Gasteiger partial charge in [-0.3, -0.25) is 5.32 Å². The second-order valence-electron chi connectivity index (χ2n) is 10.1. The molecule has 0 spiro atoms. The lowest BCUT2D eigenvalue weighted by Crippen LogP contribution is -2.44. The zero-order chi connectivity index (χ0) is 21.3. The Hall–Kier alpha value is -1.64. The van der Waals surface area contributed by atoms with E-state index in [-0.39, 0.29) is 0 Å². The molecule has 1 aliphatic heterocycles. The fourth-order valence-electron chi connectivity index (χ4n) is 4.73. The van der Waals surface area contributed by atoms with Gasteiger partial charge in [0.05, 0.1) is 6.54 Å². The Kier molecular flexibility index (Phi) is 6.55. The van der Waals surface area contributed by atoms with Crippen LogP contribution in [-0.4, -0.2) is 19.8 Å². The summed E-state index contributed by atoms with van der Waals surface area (Å²) in [6.45, 7) is 21.7. The van der Waals surface area contributed by atoms with E-state index in [0.717, 1.165) is 24.2 Å². The number of hydrogen-bond acceptors (Lipinski definition) is 1. The van der Waals surface area contributed by atoms with E-state index in [1.807, 2.05) is 0 Å². The van der Waals surface area contributed by atoms with Crippen LogP contribution < -0.4 is 9.80 Å². The van der Waals surface area contributed by atoms with Gasteiger partial charge in [0.25, 0.3) is 0 Å². The molecule has 0 amide bonds. The molecule has 1 saturated heterocycles. The van der Waals surface area contributed by atoms with E-state index in [1.54, 1.807) is 0 Å². The van der Waals surface area contributed by atoms with E-state index < -0.39 is 0 Å². The minimum Gasteiger partial charge on any atom is -0.264 e. The van der Waals surface area contributed by atoms with Crippen molar-refractivity contribution in [1.82, 2.24) is 9.80 Å². The highest BCUT2D eigenvalue weighted by Crippen LogP contribution is 2.45. The topological polar surface area (TPSA) is 12.0 Å². The summed E-state index contributed by atoms with van der Waals surface area (Å²) in [6.07, 6.45) is 0. The van der Waals surface area contributed by atoms with Gasteiger partial charge >= 0.3 is 0 Å². The highest BCUT2D eigenvalue weighted by Gasteiger charge is 2.41. The molecule has 1 heterocycles. The Balaban J connectivity index is 2.25. The molecule has 0 aromatic heterocycles. The Morgan fingerprint density at radius 3 is 1.41 bits per heavy atom. The van der Waals surface area contributed by atoms with Gasteiger partial charge in [-0.1, -0.05) is 67.5 Å². The average Bonchev–Trinajstić information content (AvgIpc) is 3.17. The van der Waals surface area contributed by atoms with Gasteiger partial charge in [0, 0.05) is 23.3 Å². The molecule has 3 rings (SSSR count). The lowest BCUT2D eigenvalue weighted by Gasteiger charge is -2.37. The molecule has 2 heteroatoms. The third-order valence-corrected chi connectivity index (χ3v) is 6.65. The van der Waals surface area contributed by atoms with Crippen LogP contribution in [0.2, 0.25) is 0 Å². The monoisotopic (exact) mass is 393 g/mol. The van der Waals surface area contributed by atoms with Gasteiger partial charge in [0.1, 0.15) is 24.6 Å². The van der Waals surface area contributed by atoms with Crippen molar-refractivity contribution in [3.8, 4) is 0 Å². The predicted octanol–water partition coefficient (Wildman–Crippen LogP) is 7.38. The van der Waals surface area contributed by atoms with Crippen LogP contribution in [-0.2, 0) is 0 Å². The van der Waals surface area contributed by atoms with Crippen molar-refractivity contribution in [2.24, 2.45) is 0 Å². The summed E-state index contributed by atoms with van der Waals surface area (Å²) in [5.41, 5.74) is 8.86. The molecule has 2 aromatic carbocycles. The Morgan fingerprint density at radius 2 is 1.10 bits per heavy atom. The fraction of sp³-hybridized carbons (Fsp3) is 0.556. The van der Waals surface area contributed by atoms with Gasteiger partial charge in [-0.25, -0.2) is 4.48 Å². The highest BCUT2D eigenvalue weighted by atomic mass is 15.5. The summed E-state index contributed by atoms with van der Waals surface area (Å²) < 4.78 is 0.928. The van der Waals surface area contributed by atoms with Crippen molar-refractivity contribution in [1.29, 1.82) is 0 Å². The molecule has 1 aliphatic rings.